The molecule has 1 aliphatic rings. The van der Waals surface area contributed by atoms with Crippen LogP contribution in [0.2, 0.25) is 0 Å². The van der Waals surface area contributed by atoms with Crippen molar-refractivity contribution in [1.29, 1.82) is 0 Å². The Balaban J connectivity index is 2.46. The lowest BCUT2D eigenvalue weighted by molar-refractivity contribution is -0.0230. The summed E-state index contributed by atoms with van der Waals surface area (Å²) in [6.45, 7) is 8.79. The van der Waals surface area contributed by atoms with E-state index in [2.05, 4.69) is 20.8 Å². The molecule has 2 unspecified atom stereocenters. The van der Waals surface area contributed by atoms with E-state index < -0.39 is 8.60 Å². The topological polar surface area (TPSA) is 27.7 Å². The van der Waals surface area contributed by atoms with E-state index in [1.54, 1.807) is 0 Å². The van der Waals surface area contributed by atoms with Crippen LogP contribution >= 0.6 is 8.60 Å². The highest BCUT2D eigenvalue weighted by Crippen LogP contribution is 2.50. The molecule has 72 valence electrons. The van der Waals surface area contributed by atoms with E-state index >= 15 is 0 Å². The molecule has 1 fully saturated rings. The fourth-order valence-electron chi connectivity index (χ4n) is 1.30. The van der Waals surface area contributed by atoms with Gasteiger partial charge in [-0.2, -0.15) is 0 Å². The second-order valence-electron chi connectivity index (χ2n) is 3.61. The Morgan fingerprint density at radius 3 is 2.75 bits per heavy atom. The molecule has 1 heterocycles. The Hall–Kier alpha value is 0.310. The van der Waals surface area contributed by atoms with Gasteiger partial charge in [-0.05, 0) is 27.7 Å². The molecule has 0 aromatic carbocycles. The van der Waals surface area contributed by atoms with E-state index in [9.17, 15) is 0 Å². The Labute approximate surface area is 75.4 Å². The fourth-order valence-corrected chi connectivity index (χ4v) is 2.51. The van der Waals surface area contributed by atoms with Crippen LogP contribution < -0.4 is 0 Å². The van der Waals surface area contributed by atoms with Crippen LogP contribution in [0.25, 0.3) is 0 Å². The molecule has 1 aliphatic heterocycles. The molecule has 0 amide bonds. The molecule has 4 heteroatoms. The third kappa shape index (κ3) is 2.98. The van der Waals surface area contributed by atoms with Crippen LogP contribution in [0.3, 0.4) is 0 Å². The molecule has 0 bridgehead atoms. The molecule has 0 radical (unpaired) electrons. The zero-order chi connectivity index (χ0) is 9.19. The largest absolute Gasteiger partial charge is 0.333 e. The average Bonchev–Trinajstić information content (AvgIpc) is 1.82. The lowest BCUT2D eigenvalue weighted by Gasteiger charge is -2.37. The lowest BCUT2D eigenvalue weighted by atomic mass is 10.0. The van der Waals surface area contributed by atoms with Gasteiger partial charge >= 0.3 is 8.60 Å². The SMILES string of the molecule is CCOP1OC(C)CC(C)(C)O1. The second kappa shape index (κ2) is 4.01. The molecule has 3 nitrogen and oxygen atoms in total. The molecule has 0 saturated carbocycles. The van der Waals surface area contributed by atoms with E-state index in [0.29, 0.717) is 6.61 Å². The van der Waals surface area contributed by atoms with Crippen LogP contribution in [-0.4, -0.2) is 18.3 Å². The van der Waals surface area contributed by atoms with Gasteiger partial charge in [0.15, 0.2) is 0 Å². The van der Waals surface area contributed by atoms with Crippen LogP contribution in [0.5, 0.6) is 0 Å². The zero-order valence-corrected chi connectivity index (χ0v) is 9.06. The summed E-state index contributed by atoms with van der Waals surface area (Å²) in [5.74, 6) is 0. The van der Waals surface area contributed by atoms with Crippen LogP contribution in [0.4, 0.5) is 0 Å². The molecule has 0 aliphatic carbocycles. The summed E-state index contributed by atoms with van der Waals surface area (Å²) in [5.41, 5.74) is -0.0987. The first-order valence-electron chi connectivity index (χ1n) is 4.32. The average molecular weight is 192 g/mol. The predicted molar refractivity (Wildman–Crippen MR) is 48.9 cm³/mol. The highest BCUT2D eigenvalue weighted by molar-refractivity contribution is 7.41. The molecule has 0 N–H and O–H groups in total. The minimum Gasteiger partial charge on any atom is -0.313 e. The van der Waals surface area contributed by atoms with Crippen molar-refractivity contribution in [2.75, 3.05) is 6.61 Å². The lowest BCUT2D eigenvalue weighted by Crippen LogP contribution is -2.33. The highest BCUT2D eigenvalue weighted by Gasteiger charge is 2.35. The molecule has 1 saturated heterocycles. The van der Waals surface area contributed by atoms with Gasteiger partial charge in [0.1, 0.15) is 0 Å². The van der Waals surface area contributed by atoms with Crippen LogP contribution in [-0.2, 0) is 13.6 Å². The minimum absolute atomic E-state index is 0.0987. The van der Waals surface area contributed by atoms with Crippen molar-refractivity contribution < 1.29 is 13.6 Å². The van der Waals surface area contributed by atoms with Crippen molar-refractivity contribution in [2.45, 2.75) is 45.8 Å². The molecule has 0 aromatic heterocycles. The third-order valence-electron chi connectivity index (χ3n) is 1.60. The smallest absolute Gasteiger partial charge is 0.313 e. The monoisotopic (exact) mass is 192 g/mol. The Kier molecular flexibility index (Phi) is 3.47. The van der Waals surface area contributed by atoms with Crippen molar-refractivity contribution in [3.8, 4) is 0 Å². The van der Waals surface area contributed by atoms with E-state index in [0.717, 1.165) is 6.42 Å². The van der Waals surface area contributed by atoms with Crippen molar-refractivity contribution in [3.05, 3.63) is 0 Å². The number of rotatable bonds is 2. The Morgan fingerprint density at radius 2 is 2.25 bits per heavy atom. The van der Waals surface area contributed by atoms with Crippen LogP contribution in [0.1, 0.15) is 34.1 Å². The number of hydrogen-bond donors (Lipinski definition) is 0. The summed E-state index contributed by atoms with van der Waals surface area (Å²) >= 11 is 0. The fraction of sp³-hybridized carbons (Fsp3) is 1.00. The minimum atomic E-state index is -1.10. The van der Waals surface area contributed by atoms with Gasteiger partial charge in [0.25, 0.3) is 0 Å². The molecule has 0 aromatic rings. The maximum atomic E-state index is 5.60. The maximum absolute atomic E-state index is 5.60. The first-order chi connectivity index (χ1) is 5.53. The number of hydrogen-bond acceptors (Lipinski definition) is 3. The zero-order valence-electron chi connectivity index (χ0n) is 8.16. The van der Waals surface area contributed by atoms with Gasteiger partial charge in [-0.3, -0.25) is 0 Å². The molecule has 2 atom stereocenters. The standard InChI is InChI=1S/C8H17O3P/c1-5-9-12-10-7(2)6-8(3,4)11-12/h7H,5-6H2,1-4H3. The quantitative estimate of drug-likeness (QED) is 0.629. The second-order valence-corrected chi connectivity index (χ2v) is 4.71. The van der Waals surface area contributed by atoms with Gasteiger partial charge in [-0.25, -0.2) is 0 Å². The first kappa shape index (κ1) is 10.4. The summed E-state index contributed by atoms with van der Waals surface area (Å²) in [6, 6.07) is 0. The molecule has 1 rings (SSSR count). The molecular formula is C8H17O3P. The first-order valence-corrected chi connectivity index (χ1v) is 5.42. The summed E-state index contributed by atoms with van der Waals surface area (Å²) in [5, 5.41) is 0. The Morgan fingerprint density at radius 1 is 1.58 bits per heavy atom. The van der Waals surface area contributed by atoms with Gasteiger partial charge < -0.3 is 13.6 Å². The van der Waals surface area contributed by atoms with Gasteiger partial charge in [-0.15, -0.1) is 0 Å². The van der Waals surface area contributed by atoms with Crippen LogP contribution in [0, 0.1) is 0 Å². The van der Waals surface area contributed by atoms with Crippen molar-refractivity contribution in [1.82, 2.24) is 0 Å². The molecular weight excluding hydrogens is 175 g/mol. The van der Waals surface area contributed by atoms with E-state index in [-0.39, 0.29) is 11.7 Å². The van der Waals surface area contributed by atoms with Gasteiger partial charge in [0.2, 0.25) is 0 Å². The normalized spacial score (nSPS) is 35.0. The predicted octanol–water partition coefficient (Wildman–Crippen LogP) is 2.85. The van der Waals surface area contributed by atoms with Crippen molar-refractivity contribution in [3.63, 3.8) is 0 Å². The summed E-state index contributed by atoms with van der Waals surface area (Å²) in [6.07, 6.45) is 1.17. The third-order valence-corrected chi connectivity index (χ3v) is 3.25. The molecule has 12 heavy (non-hydrogen) atoms. The molecule has 0 spiro atoms. The van der Waals surface area contributed by atoms with Gasteiger partial charge in [0.05, 0.1) is 18.3 Å². The van der Waals surface area contributed by atoms with Crippen molar-refractivity contribution in [2.24, 2.45) is 0 Å². The summed E-state index contributed by atoms with van der Waals surface area (Å²) in [7, 11) is -1.10. The van der Waals surface area contributed by atoms with Gasteiger partial charge in [-0.1, -0.05) is 0 Å². The van der Waals surface area contributed by atoms with Gasteiger partial charge in [0, 0.05) is 6.42 Å². The maximum Gasteiger partial charge on any atom is 0.333 e. The van der Waals surface area contributed by atoms with Crippen LogP contribution in [0.15, 0.2) is 0 Å². The highest BCUT2D eigenvalue weighted by atomic mass is 31.2. The van der Waals surface area contributed by atoms with E-state index in [1.165, 1.54) is 0 Å². The van der Waals surface area contributed by atoms with E-state index in [4.69, 9.17) is 13.6 Å². The summed E-state index contributed by atoms with van der Waals surface area (Å²) in [4.78, 5) is 0. The van der Waals surface area contributed by atoms with Crippen molar-refractivity contribution >= 4 is 8.60 Å². The Bertz CT molecular complexity index is 149. The van der Waals surface area contributed by atoms with E-state index in [1.807, 2.05) is 6.92 Å². The summed E-state index contributed by atoms with van der Waals surface area (Å²) < 4.78 is 16.4.